The Morgan fingerprint density at radius 2 is 1.48 bits per heavy atom. The summed E-state index contributed by atoms with van der Waals surface area (Å²) in [6.07, 6.45) is 0. The summed E-state index contributed by atoms with van der Waals surface area (Å²) in [7, 11) is -4.24. The van der Waals surface area contributed by atoms with Gasteiger partial charge in [0.05, 0.1) is 15.5 Å². The molecule has 2 rings (SSSR count). The Morgan fingerprint density at radius 3 is 2.04 bits per heavy atom. The molecule has 5 nitrogen and oxygen atoms in total. The summed E-state index contributed by atoms with van der Waals surface area (Å²) >= 11 is 0. The number of rotatable bonds is 5. The summed E-state index contributed by atoms with van der Waals surface area (Å²) in [5.41, 5.74) is 1.41. The van der Waals surface area contributed by atoms with Crippen molar-refractivity contribution in [3.8, 4) is 0 Å². The Labute approximate surface area is 137 Å². The molecule has 0 N–H and O–H groups in total. The number of hydrogen-bond donors (Lipinski definition) is 0. The molecule has 0 aliphatic heterocycles. The van der Waals surface area contributed by atoms with Crippen molar-refractivity contribution in [2.45, 2.75) is 22.5 Å². The molecule has 2 aromatic carbocycles. The highest BCUT2D eigenvalue weighted by atomic mass is 32.2. The van der Waals surface area contributed by atoms with E-state index in [9.17, 15) is 16.8 Å². The van der Waals surface area contributed by atoms with Gasteiger partial charge < -0.3 is 0 Å². The molecule has 0 bridgehead atoms. The minimum absolute atomic E-state index is 0.0825. The van der Waals surface area contributed by atoms with E-state index in [0.29, 0.717) is 5.56 Å². The lowest BCUT2D eigenvalue weighted by Gasteiger charge is -2.12. The molecule has 0 aliphatic carbocycles. The van der Waals surface area contributed by atoms with E-state index in [-0.39, 0.29) is 15.5 Å². The number of nitrogens with zero attached hydrogens (tertiary/aromatic N) is 1. The summed E-state index contributed by atoms with van der Waals surface area (Å²) in [6.45, 7) is 1.88. The predicted molar refractivity (Wildman–Crippen MR) is 89.4 cm³/mol. The lowest BCUT2D eigenvalue weighted by Crippen LogP contribution is -2.22. The van der Waals surface area contributed by atoms with E-state index in [4.69, 9.17) is 0 Å². The van der Waals surface area contributed by atoms with Crippen LogP contribution in [0.1, 0.15) is 11.1 Å². The average Bonchev–Trinajstić information content (AvgIpc) is 2.47. The normalized spacial score (nSPS) is 12.5. The van der Waals surface area contributed by atoms with E-state index in [2.05, 4.69) is 0 Å². The second kappa shape index (κ2) is 6.43. The zero-order valence-corrected chi connectivity index (χ0v) is 14.9. The second-order valence-electron chi connectivity index (χ2n) is 5.51. The quantitative estimate of drug-likeness (QED) is 0.826. The van der Waals surface area contributed by atoms with Crippen LogP contribution in [0.5, 0.6) is 0 Å². The third-order valence-electron chi connectivity index (χ3n) is 3.41. The number of benzene rings is 2. The summed E-state index contributed by atoms with van der Waals surface area (Å²) in [4.78, 5) is 0.308. The Morgan fingerprint density at radius 1 is 0.870 bits per heavy atom. The minimum Gasteiger partial charge on any atom is -0.223 e. The summed E-state index contributed by atoms with van der Waals surface area (Å²) in [5, 5.41) is 0. The van der Waals surface area contributed by atoms with Crippen molar-refractivity contribution >= 4 is 19.9 Å². The van der Waals surface area contributed by atoms with Crippen molar-refractivity contribution in [1.29, 1.82) is 0 Å². The molecule has 23 heavy (non-hydrogen) atoms. The first-order valence-electron chi connectivity index (χ1n) is 6.94. The summed E-state index contributed by atoms with van der Waals surface area (Å²) in [5.74, 6) is -0.243. The molecular formula is C16H19NO4S2. The van der Waals surface area contributed by atoms with Gasteiger partial charge in [-0.2, -0.15) is 0 Å². The van der Waals surface area contributed by atoms with Gasteiger partial charge in [-0.25, -0.2) is 21.1 Å². The first-order chi connectivity index (χ1) is 10.6. The Balaban J connectivity index is 2.36. The van der Waals surface area contributed by atoms with E-state index in [0.717, 1.165) is 9.87 Å². The number of hydrogen-bond acceptors (Lipinski definition) is 4. The van der Waals surface area contributed by atoms with Gasteiger partial charge in [0.25, 0.3) is 0 Å². The maximum atomic E-state index is 12.4. The van der Waals surface area contributed by atoms with Crippen LogP contribution in [0.4, 0.5) is 0 Å². The van der Waals surface area contributed by atoms with Gasteiger partial charge >= 0.3 is 0 Å². The fourth-order valence-electron chi connectivity index (χ4n) is 2.05. The van der Waals surface area contributed by atoms with Crippen molar-refractivity contribution in [2.24, 2.45) is 0 Å². The van der Waals surface area contributed by atoms with Crippen LogP contribution in [0, 0.1) is 6.92 Å². The van der Waals surface area contributed by atoms with E-state index in [1.165, 1.54) is 26.2 Å². The van der Waals surface area contributed by atoms with Gasteiger partial charge in [0, 0.05) is 14.1 Å². The summed E-state index contributed by atoms with van der Waals surface area (Å²) in [6, 6.07) is 12.6. The molecule has 0 aliphatic rings. The summed E-state index contributed by atoms with van der Waals surface area (Å²) < 4.78 is 50.3. The molecule has 0 unspecified atom stereocenters. The average molecular weight is 353 g/mol. The smallest absolute Gasteiger partial charge is 0.223 e. The van der Waals surface area contributed by atoms with Gasteiger partial charge in [-0.3, -0.25) is 0 Å². The predicted octanol–water partition coefficient (Wildman–Crippen LogP) is 2.22. The van der Waals surface area contributed by atoms with Crippen LogP contribution in [0.2, 0.25) is 0 Å². The van der Waals surface area contributed by atoms with Gasteiger partial charge in [-0.15, -0.1) is 0 Å². The standard InChI is InChI=1S/C16H19NO4S2/c1-13-7-9-15(10-8-13)22(18,19)12-14-5-4-6-16(11-14)23(20,21)17(2)3/h4-11H,12H2,1-3H3. The molecule has 124 valence electrons. The van der Waals surface area contributed by atoms with Crippen LogP contribution < -0.4 is 0 Å². The van der Waals surface area contributed by atoms with Crippen molar-refractivity contribution in [3.63, 3.8) is 0 Å². The fourth-order valence-corrected chi connectivity index (χ4v) is 4.36. The molecule has 0 amide bonds. The lowest BCUT2D eigenvalue weighted by atomic mass is 10.2. The zero-order chi connectivity index (χ0) is 17.3. The largest absolute Gasteiger partial charge is 0.242 e. The molecule has 0 heterocycles. The number of sulfonamides is 1. The first kappa shape index (κ1) is 17.7. The van der Waals surface area contributed by atoms with Crippen LogP contribution in [-0.2, 0) is 25.6 Å². The van der Waals surface area contributed by atoms with E-state index in [1.54, 1.807) is 36.4 Å². The highest BCUT2D eigenvalue weighted by Crippen LogP contribution is 2.20. The van der Waals surface area contributed by atoms with Crippen molar-refractivity contribution in [1.82, 2.24) is 4.31 Å². The van der Waals surface area contributed by atoms with Gasteiger partial charge in [0.1, 0.15) is 0 Å². The third kappa shape index (κ3) is 3.99. The Hall–Kier alpha value is -1.70. The van der Waals surface area contributed by atoms with Crippen molar-refractivity contribution in [3.05, 3.63) is 59.7 Å². The molecule has 0 saturated heterocycles. The second-order valence-corrected chi connectivity index (χ2v) is 9.65. The molecule has 0 atom stereocenters. The van der Waals surface area contributed by atoms with Crippen LogP contribution in [0.3, 0.4) is 0 Å². The molecule has 0 spiro atoms. The van der Waals surface area contributed by atoms with Crippen LogP contribution >= 0.6 is 0 Å². The van der Waals surface area contributed by atoms with E-state index in [1.807, 2.05) is 6.92 Å². The SMILES string of the molecule is Cc1ccc(S(=O)(=O)Cc2cccc(S(=O)(=O)N(C)C)c2)cc1. The van der Waals surface area contributed by atoms with E-state index >= 15 is 0 Å². The van der Waals surface area contributed by atoms with Gasteiger partial charge in [-0.1, -0.05) is 29.8 Å². The molecule has 0 radical (unpaired) electrons. The fraction of sp³-hybridized carbons (Fsp3) is 0.250. The minimum atomic E-state index is -3.59. The van der Waals surface area contributed by atoms with E-state index < -0.39 is 19.9 Å². The van der Waals surface area contributed by atoms with Gasteiger partial charge in [0.15, 0.2) is 9.84 Å². The van der Waals surface area contributed by atoms with Crippen molar-refractivity contribution in [2.75, 3.05) is 14.1 Å². The zero-order valence-electron chi connectivity index (χ0n) is 13.2. The maximum absolute atomic E-state index is 12.4. The van der Waals surface area contributed by atoms with Crippen LogP contribution in [0.25, 0.3) is 0 Å². The first-order valence-corrected chi connectivity index (χ1v) is 10.0. The number of aryl methyl sites for hydroxylation is 1. The molecular weight excluding hydrogens is 334 g/mol. The highest BCUT2D eigenvalue weighted by Gasteiger charge is 2.20. The molecule has 0 fully saturated rings. The van der Waals surface area contributed by atoms with Gasteiger partial charge in [0.2, 0.25) is 10.0 Å². The lowest BCUT2D eigenvalue weighted by molar-refractivity contribution is 0.520. The van der Waals surface area contributed by atoms with Crippen LogP contribution in [0.15, 0.2) is 58.3 Å². The Bertz CT molecular complexity index is 899. The Kier molecular flexibility index (Phi) is 4.93. The highest BCUT2D eigenvalue weighted by molar-refractivity contribution is 7.90. The topological polar surface area (TPSA) is 71.5 Å². The molecule has 0 saturated carbocycles. The van der Waals surface area contributed by atoms with Crippen molar-refractivity contribution < 1.29 is 16.8 Å². The molecule has 0 aromatic heterocycles. The third-order valence-corrected chi connectivity index (χ3v) is 6.93. The monoisotopic (exact) mass is 353 g/mol. The molecule has 7 heteroatoms. The van der Waals surface area contributed by atoms with Gasteiger partial charge in [-0.05, 0) is 36.8 Å². The molecule has 2 aromatic rings. The van der Waals surface area contributed by atoms with Crippen LogP contribution in [-0.4, -0.2) is 35.2 Å². The number of sulfone groups is 1. The maximum Gasteiger partial charge on any atom is 0.242 e.